The Labute approximate surface area is 138 Å². The van der Waals surface area contributed by atoms with Crippen LogP contribution in [0.5, 0.6) is 0 Å². The molecule has 0 atom stereocenters. The van der Waals surface area contributed by atoms with Gasteiger partial charge in [0.1, 0.15) is 4.70 Å². The normalized spacial score (nSPS) is 13.4. The number of benzene rings is 1. The summed E-state index contributed by atoms with van der Waals surface area (Å²) in [6.45, 7) is 0. The molecule has 7 heteroatoms. The van der Waals surface area contributed by atoms with E-state index in [1.54, 1.807) is 32.6 Å². The van der Waals surface area contributed by atoms with Crippen LogP contribution in [0, 0.1) is 0 Å². The molecular weight excluding hydrogens is 343 g/mol. The second kappa shape index (κ2) is 4.84. The van der Waals surface area contributed by atoms with Gasteiger partial charge in [-0.15, -0.1) is 27.5 Å². The standard InChI is InChI=1S/C15H8Cl2N2O2S/c16-7-9(20)13-15(21)19-12-8(17)3-1-4-10(12)22-11-5-2-6-18(13)14(11)19/h1-6H,7H2/p+1. The van der Waals surface area contributed by atoms with Crippen LogP contribution in [0.3, 0.4) is 0 Å². The predicted octanol–water partition coefficient (Wildman–Crippen LogP) is 2.51. The quantitative estimate of drug-likeness (QED) is 0.325. The van der Waals surface area contributed by atoms with Crippen molar-refractivity contribution in [3.05, 3.63) is 57.3 Å². The number of nitrogens with zero attached hydrogens (tertiary/aromatic N) is 2. The first-order chi connectivity index (χ1) is 10.6. The molecule has 0 bridgehead atoms. The molecule has 22 heavy (non-hydrogen) atoms. The van der Waals surface area contributed by atoms with E-state index in [4.69, 9.17) is 23.2 Å². The molecule has 2 aromatic rings. The van der Waals surface area contributed by atoms with Crippen LogP contribution < -0.4 is 15.3 Å². The third kappa shape index (κ3) is 1.70. The maximum absolute atomic E-state index is 12.9. The summed E-state index contributed by atoms with van der Waals surface area (Å²) in [5.41, 5.74) is 0.309. The van der Waals surface area contributed by atoms with E-state index < -0.39 is 0 Å². The van der Waals surface area contributed by atoms with E-state index in [0.717, 1.165) is 9.40 Å². The Hall–Kier alpha value is -1.82. The van der Waals surface area contributed by atoms with Gasteiger partial charge in [-0.3, -0.25) is 0 Å². The van der Waals surface area contributed by atoms with Crippen molar-refractivity contribution in [2.24, 2.45) is 0 Å². The molecule has 0 saturated carbocycles. The zero-order valence-corrected chi connectivity index (χ0v) is 13.4. The minimum Gasteiger partial charge on any atom is -0.506 e. The van der Waals surface area contributed by atoms with Gasteiger partial charge in [0.05, 0.1) is 21.8 Å². The minimum atomic E-state index is -0.333. The van der Waals surface area contributed by atoms with Gasteiger partial charge in [0.2, 0.25) is 0 Å². The van der Waals surface area contributed by atoms with Gasteiger partial charge in [0.15, 0.2) is 11.3 Å². The van der Waals surface area contributed by atoms with Crippen molar-refractivity contribution in [1.82, 2.24) is 4.57 Å². The van der Waals surface area contributed by atoms with Gasteiger partial charge < -0.3 is 5.11 Å². The molecule has 0 fully saturated rings. The van der Waals surface area contributed by atoms with E-state index >= 15 is 0 Å². The van der Waals surface area contributed by atoms with Crippen LogP contribution in [0.2, 0.25) is 5.02 Å². The number of hydrogen-bond acceptors (Lipinski definition) is 3. The molecular formula is C15H9Cl2N2O2S+. The SMILES string of the molecule is O=c1/c(=C(/O)CCl)[n+]2cccc3sc4cccc(Cl)c4n1-c32. The zero-order valence-electron chi connectivity index (χ0n) is 11.1. The van der Waals surface area contributed by atoms with E-state index in [2.05, 4.69) is 0 Å². The molecule has 2 aliphatic heterocycles. The van der Waals surface area contributed by atoms with Crippen molar-refractivity contribution in [3.8, 4) is 5.82 Å². The number of aliphatic hydroxyl groups is 1. The lowest BCUT2D eigenvalue weighted by Gasteiger charge is -2.04. The molecule has 0 unspecified atom stereocenters. The third-order valence-corrected chi connectivity index (χ3v) is 5.23. The number of imidazole rings is 1. The van der Waals surface area contributed by atoms with E-state index in [1.807, 2.05) is 24.3 Å². The topological polar surface area (TPSA) is 46.3 Å². The molecule has 3 heterocycles. The highest BCUT2D eigenvalue weighted by Crippen LogP contribution is 2.32. The smallest absolute Gasteiger partial charge is 0.390 e. The number of rotatable bonds is 1. The molecule has 110 valence electrons. The number of alkyl halides is 1. The van der Waals surface area contributed by atoms with E-state index in [9.17, 15) is 9.90 Å². The van der Waals surface area contributed by atoms with Crippen LogP contribution in [-0.2, 0) is 0 Å². The van der Waals surface area contributed by atoms with Crippen LogP contribution in [-0.4, -0.2) is 15.6 Å². The van der Waals surface area contributed by atoms with Crippen molar-refractivity contribution in [1.29, 1.82) is 0 Å². The fourth-order valence-electron chi connectivity index (χ4n) is 2.71. The Morgan fingerprint density at radius 1 is 1.27 bits per heavy atom. The maximum Gasteiger partial charge on any atom is 0.390 e. The first-order valence-corrected chi connectivity index (χ1v) is 8.20. The number of pyridine rings is 1. The molecule has 0 spiro atoms. The largest absolute Gasteiger partial charge is 0.506 e. The molecule has 4 nitrogen and oxygen atoms in total. The predicted molar refractivity (Wildman–Crippen MR) is 88.8 cm³/mol. The Morgan fingerprint density at radius 3 is 2.82 bits per heavy atom. The average Bonchev–Trinajstić information content (AvgIpc) is 2.81. The minimum absolute atomic E-state index is 0.131. The summed E-state index contributed by atoms with van der Waals surface area (Å²) in [6.07, 6.45) is 1.73. The number of para-hydroxylation sites is 1. The summed E-state index contributed by atoms with van der Waals surface area (Å²) in [4.78, 5) is 12.9. The Balaban J connectivity index is 2.45. The molecule has 0 saturated heterocycles. The second-order valence-corrected chi connectivity index (χ2v) is 6.58. The molecule has 0 amide bonds. The third-order valence-electron chi connectivity index (χ3n) is 3.58. The molecule has 2 aliphatic rings. The van der Waals surface area contributed by atoms with Gasteiger partial charge in [-0.05, 0) is 24.3 Å². The summed E-state index contributed by atoms with van der Waals surface area (Å²) < 4.78 is 5.02. The monoisotopic (exact) mass is 351 g/mol. The number of halogens is 2. The van der Waals surface area contributed by atoms with E-state index in [0.29, 0.717) is 16.4 Å². The molecule has 4 rings (SSSR count). The summed E-state index contributed by atoms with van der Waals surface area (Å²) >= 11 is 13.6. The van der Waals surface area contributed by atoms with Gasteiger partial charge in [-0.2, -0.15) is 4.40 Å². The molecule has 1 aromatic carbocycles. The number of hydrogen-bond donors (Lipinski definition) is 1. The molecule has 1 aromatic heterocycles. The maximum atomic E-state index is 12.9. The highest BCUT2D eigenvalue weighted by Gasteiger charge is 2.30. The van der Waals surface area contributed by atoms with Crippen molar-refractivity contribution in [2.45, 2.75) is 0 Å². The van der Waals surface area contributed by atoms with Crippen molar-refractivity contribution in [3.63, 3.8) is 0 Å². The number of aliphatic hydroxyl groups excluding tert-OH is 1. The van der Waals surface area contributed by atoms with Crippen LogP contribution >= 0.6 is 34.5 Å². The Kier molecular flexibility index (Phi) is 3.04. The van der Waals surface area contributed by atoms with E-state index in [1.165, 1.54) is 0 Å². The van der Waals surface area contributed by atoms with Crippen molar-refractivity contribution < 1.29 is 9.51 Å². The van der Waals surface area contributed by atoms with Gasteiger partial charge in [-0.1, -0.05) is 17.7 Å². The molecule has 0 radical (unpaired) electrons. The lowest BCUT2D eigenvalue weighted by atomic mass is 10.3. The summed E-state index contributed by atoms with van der Waals surface area (Å²) in [5.74, 6) is 0.400. The second-order valence-electron chi connectivity index (χ2n) is 4.82. The first kappa shape index (κ1) is 13.8. The lowest BCUT2D eigenvalue weighted by Crippen LogP contribution is -2.45. The van der Waals surface area contributed by atoms with Crippen LogP contribution in [0.15, 0.2) is 41.3 Å². The van der Waals surface area contributed by atoms with E-state index in [-0.39, 0.29) is 22.5 Å². The van der Waals surface area contributed by atoms with Gasteiger partial charge in [0.25, 0.3) is 5.35 Å². The number of fused-ring (bicyclic) bond motifs is 2. The summed E-state index contributed by atoms with van der Waals surface area (Å²) in [6, 6.07) is 9.28. The highest BCUT2D eigenvalue weighted by molar-refractivity contribution is 7.24. The summed E-state index contributed by atoms with van der Waals surface area (Å²) in [5, 5.41) is 10.7. The fraction of sp³-hybridized carbons (Fsp3) is 0.0667. The molecule has 0 aliphatic carbocycles. The van der Waals surface area contributed by atoms with Gasteiger partial charge in [0, 0.05) is 0 Å². The van der Waals surface area contributed by atoms with Gasteiger partial charge in [-0.25, -0.2) is 4.79 Å². The van der Waals surface area contributed by atoms with Crippen LogP contribution in [0.25, 0.3) is 26.5 Å². The van der Waals surface area contributed by atoms with Crippen molar-refractivity contribution >= 4 is 55.2 Å². The van der Waals surface area contributed by atoms with Crippen LogP contribution in [0.1, 0.15) is 0 Å². The fourth-order valence-corrected chi connectivity index (χ4v) is 4.26. The summed E-state index contributed by atoms with van der Waals surface area (Å²) in [7, 11) is 0. The Bertz CT molecular complexity index is 1120. The zero-order chi connectivity index (χ0) is 15.4. The Morgan fingerprint density at radius 2 is 2.05 bits per heavy atom. The van der Waals surface area contributed by atoms with Crippen LogP contribution in [0.4, 0.5) is 0 Å². The number of aromatic nitrogens is 2. The first-order valence-electron chi connectivity index (χ1n) is 6.47. The lowest BCUT2D eigenvalue weighted by molar-refractivity contribution is -0.543. The highest BCUT2D eigenvalue weighted by atomic mass is 35.5. The molecule has 1 N–H and O–H groups in total. The van der Waals surface area contributed by atoms with Gasteiger partial charge >= 0.3 is 11.4 Å². The average molecular weight is 352 g/mol. The van der Waals surface area contributed by atoms with Crippen molar-refractivity contribution in [2.75, 3.05) is 5.88 Å².